The molecule has 6 heteroatoms. The van der Waals surface area contributed by atoms with E-state index >= 15 is 0 Å². The number of nitrogens with one attached hydrogen (secondary N) is 2. The van der Waals surface area contributed by atoms with Gasteiger partial charge in [0, 0.05) is 19.1 Å². The van der Waals surface area contributed by atoms with Crippen LogP contribution < -0.4 is 14.8 Å². The maximum atomic E-state index is 11.9. The highest BCUT2D eigenvalue weighted by molar-refractivity contribution is 7.89. The highest BCUT2D eigenvalue weighted by Crippen LogP contribution is 2.18. The molecule has 0 heterocycles. The van der Waals surface area contributed by atoms with Gasteiger partial charge in [0.25, 0.3) is 0 Å². The number of methoxy groups -OCH3 is 1. The fourth-order valence-corrected chi connectivity index (χ4v) is 3.81. The second-order valence-corrected chi connectivity index (χ2v) is 7.32. The summed E-state index contributed by atoms with van der Waals surface area (Å²) >= 11 is 0. The largest absolute Gasteiger partial charge is 0.497 e. The molecule has 1 aliphatic rings. The lowest BCUT2D eigenvalue weighted by molar-refractivity contribution is 0.414. The van der Waals surface area contributed by atoms with Crippen LogP contribution in [0.5, 0.6) is 5.75 Å². The lowest BCUT2D eigenvalue weighted by atomic mass is 10.2. The number of ether oxygens (including phenoxy) is 1. The van der Waals surface area contributed by atoms with Crippen molar-refractivity contribution in [3.8, 4) is 5.75 Å². The van der Waals surface area contributed by atoms with Crippen molar-refractivity contribution in [3.05, 3.63) is 29.8 Å². The van der Waals surface area contributed by atoms with Crippen molar-refractivity contribution in [1.82, 2.24) is 10.0 Å². The quantitative estimate of drug-likeness (QED) is 0.716. The number of benzene rings is 1. The van der Waals surface area contributed by atoms with E-state index < -0.39 is 10.0 Å². The molecule has 0 amide bonds. The molecule has 21 heavy (non-hydrogen) atoms. The van der Waals surface area contributed by atoms with Crippen LogP contribution in [-0.2, 0) is 16.6 Å². The Bertz CT molecular complexity index is 522. The third kappa shape index (κ3) is 5.65. The number of hydrogen-bond acceptors (Lipinski definition) is 4. The first-order valence-electron chi connectivity index (χ1n) is 7.43. The Morgan fingerprint density at radius 1 is 1.19 bits per heavy atom. The molecule has 1 aromatic carbocycles. The van der Waals surface area contributed by atoms with Gasteiger partial charge >= 0.3 is 0 Å². The molecule has 1 aliphatic carbocycles. The second kappa shape index (κ2) is 7.77. The number of sulfonamides is 1. The summed E-state index contributed by atoms with van der Waals surface area (Å²) in [4.78, 5) is 0. The smallest absolute Gasteiger partial charge is 0.213 e. The monoisotopic (exact) mass is 312 g/mol. The Balaban J connectivity index is 1.68. The van der Waals surface area contributed by atoms with Gasteiger partial charge in [0.2, 0.25) is 10.0 Å². The van der Waals surface area contributed by atoms with Gasteiger partial charge in [0.15, 0.2) is 0 Å². The van der Waals surface area contributed by atoms with Crippen molar-refractivity contribution < 1.29 is 13.2 Å². The molecule has 0 unspecified atom stereocenters. The summed E-state index contributed by atoms with van der Waals surface area (Å²) in [5, 5.41) is 3.16. The van der Waals surface area contributed by atoms with Gasteiger partial charge in [-0.3, -0.25) is 0 Å². The predicted octanol–water partition coefficient (Wildman–Crippen LogP) is 1.65. The van der Waals surface area contributed by atoms with Crippen LogP contribution in [0.3, 0.4) is 0 Å². The molecule has 0 aliphatic heterocycles. The number of hydrogen-bond donors (Lipinski definition) is 2. The lowest BCUT2D eigenvalue weighted by Crippen LogP contribution is -2.37. The van der Waals surface area contributed by atoms with E-state index in [1.807, 2.05) is 24.3 Å². The maximum Gasteiger partial charge on any atom is 0.213 e. The summed E-state index contributed by atoms with van der Waals surface area (Å²) in [6.45, 7) is 1.11. The third-order valence-corrected chi connectivity index (χ3v) is 5.17. The van der Waals surface area contributed by atoms with Crippen molar-refractivity contribution in [2.45, 2.75) is 38.3 Å². The highest BCUT2D eigenvalue weighted by atomic mass is 32.2. The fourth-order valence-electron chi connectivity index (χ4n) is 2.54. The Labute approximate surface area is 127 Å². The lowest BCUT2D eigenvalue weighted by Gasteiger charge is -2.12. The van der Waals surface area contributed by atoms with Gasteiger partial charge in [-0.2, -0.15) is 0 Å². The first kappa shape index (κ1) is 16.3. The third-order valence-electron chi connectivity index (χ3n) is 3.74. The van der Waals surface area contributed by atoms with E-state index in [-0.39, 0.29) is 11.8 Å². The van der Waals surface area contributed by atoms with Gasteiger partial charge in [0.1, 0.15) is 5.75 Å². The zero-order valence-electron chi connectivity index (χ0n) is 12.5. The van der Waals surface area contributed by atoms with E-state index in [2.05, 4.69) is 10.0 Å². The first-order valence-corrected chi connectivity index (χ1v) is 9.08. The molecule has 1 aromatic rings. The zero-order valence-corrected chi connectivity index (χ0v) is 13.3. The van der Waals surface area contributed by atoms with E-state index in [4.69, 9.17) is 4.74 Å². The summed E-state index contributed by atoms with van der Waals surface area (Å²) in [6, 6.07) is 7.88. The van der Waals surface area contributed by atoms with Gasteiger partial charge in [-0.05, 0) is 30.5 Å². The highest BCUT2D eigenvalue weighted by Gasteiger charge is 2.20. The topological polar surface area (TPSA) is 67.4 Å². The molecular formula is C15H24N2O3S. The molecule has 5 nitrogen and oxygen atoms in total. The minimum Gasteiger partial charge on any atom is -0.497 e. The van der Waals surface area contributed by atoms with Crippen LogP contribution in [0.25, 0.3) is 0 Å². The van der Waals surface area contributed by atoms with Crippen LogP contribution in [0.1, 0.15) is 31.2 Å². The van der Waals surface area contributed by atoms with Crippen LogP contribution in [0.2, 0.25) is 0 Å². The number of rotatable bonds is 8. The van der Waals surface area contributed by atoms with E-state index in [9.17, 15) is 8.42 Å². The van der Waals surface area contributed by atoms with Crippen LogP contribution in [0.15, 0.2) is 24.3 Å². The SMILES string of the molecule is COc1ccc(CNCCS(=O)(=O)NC2CCCC2)cc1. The van der Waals surface area contributed by atoms with E-state index in [0.29, 0.717) is 13.1 Å². The van der Waals surface area contributed by atoms with Crippen LogP contribution in [0, 0.1) is 0 Å². The van der Waals surface area contributed by atoms with Crippen molar-refractivity contribution in [2.75, 3.05) is 19.4 Å². The zero-order chi connectivity index (χ0) is 15.1. The van der Waals surface area contributed by atoms with Crippen molar-refractivity contribution in [3.63, 3.8) is 0 Å². The molecule has 0 aromatic heterocycles. The summed E-state index contributed by atoms with van der Waals surface area (Å²) in [5.41, 5.74) is 1.11. The Morgan fingerprint density at radius 2 is 1.86 bits per heavy atom. The van der Waals surface area contributed by atoms with E-state index in [1.54, 1.807) is 7.11 Å². The van der Waals surface area contributed by atoms with Crippen LogP contribution in [-0.4, -0.2) is 33.9 Å². The van der Waals surface area contributed by atoms with Crippen LogP contribution in [0.4, 0.5) is 0 Å². The molecular weight excluding hydrogens is 288 g/mol. The molecule has 2 N–H and O–H groups in total. The molecule has 0 spiro atoms. The normalized spacial score (nSPS) is 16.2. The molecule has 0 saturated heterocycles. The maximum absolute atomic E-state index is 11.9. The van der Waals surface area contributed by atoms with Crippen molar-refractivity contribution in [2.24, 2.45) is 0 Å². The summed E-state index contributed by atoms with van der Waals surface area (Å²) in [6.07, 6.45) is 4.20. The van der Waals surface area contributed by atoms with Crippen LogP contribution >= 0.6 is 0 Å². The summed E-state index contributed by atoms with van der Waals surface area (Å²) in [5.74, 6) is 0.946. The minimum absolute atomic E-state index is 0.125. The van der Waals surface area contributed by atoms with Gasteiger partial charge in [0.05, 0.1) is 12.9 Å². The van der Waals surface area contributed by atoms with E-state index in [0.717, 1.165) is 37.0 Å². The van der Waals surface area contributed by atoms with Gasteiger partial charge < -0.3 is 10.1 Å². The summed E-state index contributed by atoms with van der Waals surface area (Å²) < 4.78 is 31.7. The van der Waals surface area contributed by atoms with Crippen molar-refractivity contribution >= 4 is 10.0 Å². The Morgan fingerprint density at radius 3 is 2.48 bits per heavy atom. The fraction of sp³-hybridized carbons (Fsp3) is 0.600. The minimum atomic E-state index is -3.16. The standard InChI is InChI=1S/C15H24N2O3S/c1-20-15-8-6-13(7-9-15)12-16-10-11-21(18,19)17-14-4-2-3-5-14/h6-9,14,16-17H,2-5,10-12H2,1H3. The molecule has 2 rings (SSSR count). The first-order chi connectivity index (χ1) is 10.1. The molecule has 0 radical (unpaired) electrons. The average Bonchev–Trinajstić information content (AvgIpc) is 2.96. The predicted molar refractivity (Wildman–Crippen MR) is 83.9 cm³/mol. The molecule has 1 fully saturated rings. The molecule has 118 valence electrons. The van der Waals surface area contributed by atoms with Gasteiger partial charge in [-0.1, -0.05) is 25.0 Å². The molecule has 0 bridgehead atoms. The second-order valence-electron chi connectivity index (χ2n) is 5.44. The van der Waals surface area contributed by atoms with Gasteiger partial charge in [-0.25, -0.2) is 13.1 Å². The Kier molecular flexibility index (Phi) is 6.02. The van der Waals surface area contributed by atoms with E-state index in [1.165, 1.54) is 0 Å². The van der Waals surface area contributed by atoms with Crippen molar-refractivity contribution in [1.29, 1.82) is 0 Å². The molecule has 1 saturated carbocycles. The Hall–Kier alpha value is -1.11. The average molecular weight is 312 g/mol. The van der Waals surface area contributed by atoms with Gasteiger partial charge in [-0.15, -0.1) is 0 Å². The summed E-state index contributed by atoms with van der Waals surface area (Å²) in [7, 11) is -1.53. The molecule has 0 atom stereocenters.